The van der Waals surface area contributed by atoms with Crippen LogP contribution in [0.4, 0.5) is 27.6 Å². The van der Waals surface area contributed by atoms with Crippen LogP contribution in [0.5, 0.6) is 5.75 Å². The van der Waals surface area contributed by atoms with Crippen molar-refractivity contribution in [3.05, 3.63) is 47.1 Å². The summed E-state index contributed by atoms with van der Waals surface area (Å²) in [6.45, 7) is -2.95. The van der Waals surface area contributed by atoms with Gasteiger partial charge in [0.1, 0.15) is 10.8 Å². The molecule has 0 saturated heterocycles. The number of hydrogen-bond donors (Lipinski definition) is 1. The predicted molar refractivity (Wildman–Crippen MR) is 86.7 cm³/mol. The van der Waals surface area contributed by atoms with E-state index in [9.17, 15) is 26.7 Å². The SMILES string of the molecule is O=C(CSc1ncc(C(F)(F)F)cc1Cl)Nc1ccc(OC(F)F)cc1. The van der Waals surface area contributed by atoms with Gasteiger partial charge in [-0.05, 0) is 30.3 Å². The first kappa shape index (κ1) is 20.2. The number of halogens is 6. The second kappa shape index (κ2) is 8.54. The van der Waals surface area contributed by atoms with Crippen molar-refractivity contribution in [2.24, 2.45) is 0 Å². The Balaban J connectivity index is 1.90. The zero-order valence-corrected chi connectivity index (χ0v) is 14.3. The second-order valence-corrected chi connectivity index (χ2v) is 6.12. The Labute approximate surface area is 153 Å². The van der Waals surface area contributed by atoms with Crippen molar-refractivity contribution in [2.45, 2.75) is 17.8 Å². The summed E-state index contributed by atoms with van der Waals surface area (Å²) in [5.74, 6) is -0.698. The number of nitrogens with zero attached hydrogens (tertiary/aromatic N) is 1. The number of aromatic nitrogens is 1. The molecule has 1 amide bonds. The minimum absolute atomic E-state index is 0.0619. The number of amides is 1. The van der Waals surface area contributed by atoms with Crippen molar-refractivity contribution < 1.29 is 31.5 Å². The van der Waals surface area contributed by atoms with Crippen LogP contribution in [-0.4, -0.2) is 23.3 Å². The molecule has 2 rings (SSSR count). The lowest BCUT2D eigenvalue weighted by Crippen LogP contribution is -2.14. The summed E-state index contributed by atoms with van der Waals surface area (Å²) in [6, 6.07) is 5.97. The van der Waals surface area contributed by atoms with Gasteiger partial charge in [-0.2, -0.15) is 22.0 Å². The molecular weight excluding hydrogens is 403 g/mol. The highest BCUT2D eigenvalue weighted by atomic mass is 35.5. The number of pyridine rings is 1. The Bertz CT molecular complexity index is 772. The third-order valence-corrected chi connectivity index (χ3v) is 4.24. The monoisotopic (exact) mass is 412 g/mol. The lowest BCUT2D eigenvalue weighted by atomic mass is 10.3. The first-order valence-corrected chi connectivity index (χ1v) is 8.22. The van der Waals surface area contributed by atoms with Gasteiger partial charge in [0.05, 0.1) is 16.3 Å². The van der Waals surface area contributed by atoms with Crippen LogP contribution >= 0.6 is 23.4 Å². The molecule has 0 unspecified atom stereocenters. The fourth-order valence-corrected chi connectivity index (χ4v) is 2.73. The standard InChI is InChI=1S/C15H10ClF5N2O2S/c16-11-5-8(15(19,20)21)6-22-13(11)26-7-12(24)23-9-1-3-10(4-2-9)25-14(17)18/h1-6,14H,7H2,(H,23,24). The van der Waals surface area contributed by atoms with Crippen LogP contribution in [0.25, 0.3) is 0 Å². The Kier molecular flexibility index (Phi) is 6.65. The zero-order chi connectivity index (χ0) is 19.3. The van der Waals surface area contributed by atoms with Crippen LogP contribution in [0.15, 0.2) is 41.6 Å². The number of benzene rings is 1. The van der Waals surface area contributed by atoms with E-state index in [1.807, 2.05) is 0 Å². The quantitative estimate of drug-likeness (QED) is 0.530. The molecule has 0 fully saturated rings. The van der Waals surface area contributed by atoms with Crippen LogP contribution in [0.2, 0.25) is 5.02 Å². The number of hydrogen-bond acceptors (Lipinski definition) is 4. The number of alkyl halides is 5. The molecule has 0 spiro atoms. The van der Waals surface area contributed by atoms with E-state index < -0.39 is 24.3 Å². The first-order valence-electron chi connectivity index (χ1n) is 6.85. The number of anilines is 1. The van der Waals surface area contributed by atoms with Crippen molar-refractivity contribution in [1.29, 1.82) is 0 Å². The molecule has 1 aromatic carbocycles. The van der Waals surface area contributed by atoms with E-state index in [-0.39, 0.29) is 21.6 Å². The number of carbonyl (C=O) groups excluding carboxylic acids is 1. The maximum Gasteiger partial charge on any atom is 0.417 e. The molecule has 2 aromatic rings. The average molecular weight is 413 g/mol. The number of ether oxygens (including phenoxy) is 1. The molecule has 0 bridgehead atoms. The maximum atomic E-state index is 12.5. The maximum absolute atomic E-state index is 12.5. The lowest BCUT2D eigenvalue weighted by molar-refractivity contribution is -0.137. The average Bonchev–Trinajstić information content (AvgIpc) is 2.54. The van der Waals surface area contributed by atoms with Crippen LogP contribution in [0.3, 0.4) is 0 Å². The second-order valence-electron chi connectivity index (χ2n) is 4.75. The van der Waals surface area contributed by atoms with Crippen molar-refractivity contribution in [3.8, 4) is 5.75 Å². The van der Waals surface area contributed by atoms with Crippen molar-refractivity contribution in [3.63, 3.8) is 0 Å². The van der Waals surface area contributed by atoms with Crippen LogP contribution in [0, 0.1) is 0 Å². The molecule has 26 heavy (non-hydrogen) atoms. The normalized spacial score (nSPS) is 11.5. The molecule has 1 heterocycles. The van der Waals surface area contributed by atoms with Gasteiger partial charge < -0.3 is 10.1 Å². The topological polar surface area (TPSA) is 51.2 Å². The summed E-state index contributed by atoms with van der Waals surface area (Å²) in [4.78, 5) is 15.5. The molecule has 0 radical (unpaired) electrons. The molecule has 140 valence electrons. The molecule has 0 atom stereocenters. The van der Waals surface area contributed by atoms with Gasteiger partial charge in [0.2, 0.25) is 5.91 Å². The van der Waals surface area contributed by atoms with Crippen molar-refractivity contribution in [2.75, 3.05) is 11.1 Å². The number of thioether (sulfide) groups is 1. The molecule has 0 aliphatic carbocycles. The summed E-state index contributed by atoms with van der Waals surface area (Å²) in [5, 5.41) is 2.36. The molecule has 4 nitrogen and oxygen atoms in total. The third kappa shape index (κ3) is 6.03. The van der Waals surface area contributed by atoms with E-state index in [4.69, 9.17) is 11.6 Å². The molecule has 0 aliphatic heterocycles. The summed E-state index contributed by atoms with van der Waals surface area (Å²) in [7, 11) is 0. The summed E-state index contributed by atoms with van der Waals surface area (Å²) in [5.41, 5.74) is -0.647. The van der Waals surface area contributed by atoms with Crippen molar-refractivity contribution >= 4 is 35.0 Å². The van der Waals surface area contributed by atoms with Gasteiger partial charge in [-0.3, -0.25) is 4.79 Å². The zero-order valence-electron chi connectivity index (χ0n) is 12.7. The van der Waals surface area contributed by atoms with E-state index in [1.165, 1.54) is 24.3 Å². The van der Waals surface area contributed by atoms with Gasteiger partial charge in [-0.1, -0.05) is 23.4 Å². The summed E-state index contributed by atoms with van der Waals surface area (Å²) < 4.78 is 65.9. The summed E-state index contributed by atoms with van der Waals surface area (Å²) in [6.07, 6.45) is -3.93. The van der Waals surface area contributed by atoms with E-state index in [0.717, 1.165) is 17.8 Å². The van der Waals surface area contributed by atoms with Gasteiger partial charge >= 0.3 is 12.8 Å². The Morgan fingerprint density at radius 3 is 2.46 bits per heavy atom. The van der Waals surface area contributed by atoms with E-state index in [2.05, 4.69) is 15.0 Å². The highest BCUT2D eigenvalue weighted by Gasteiger charge is 2.31. The molecule has 0 aliphatic rings. The third-order valence-electron chi connectivity index (χ3n) is 2.84. The minimum Gasteiger partial charge on any atom is -0.435 e. The number of nitrogens with one attached hydrogen (secondary N) is 1. The molecule has 1 aromatic heterocycles. The first-order chi connectivity index (χ1) is 12.1. The Hall–Kier alpha value is -2.07. The molecule has 1 N–H and O–H groups in total. The largest absolute Gasteiger partial charge is 0.435 e. The summed E-state index contributed by atoms with van der Waals surface area (Å²) >= 11 is 6.61. The Morgan fingerprint density at radius 1 is 1.27 bits per heavy atom. The number of carbonyl (C=O) groups is 1. The van der Waals surface area contributed by atoms with Gasteiger partial charge in [-0.15, -0.1) is 0 Å². The van der Waals surface area contributed by atoms with Gasteiger partial charge in [0.25, 0.3) is 0 Å². The predicted octanol–water partition coefficient (Wildman–Crippen LogP) is 5.09. The highest BCUT2D eigenvalue weighted by molar-refractivity contribution is 8.00. The smallest absolute Gasteiger partial charge is 0.417 e. The highest BCUT2D eigenvalue weighted by Crippen LogP contribution is 2.33. The lowest BCUT2D eigenvalue weighted by Gasteiger charge is -2.09. The van der Waals surface area contributed by atoms with Crippen LogP contribution in [-0.2, 0) is 11.0 Å². The van der Waals surface area contributed by atoms with Crippen LogP contribution < -0.4 is 10.1 Å². The van der Waals surface area contributed by atoms with Gasteiger partial charge in [0, 0.05) is 11.9 Å². The van der Waals surface area contributed by atoms with E-state index >= 15 is 0 Å². The molecular formula is C15H10ClF5N2O2S. The van der Waals surface area contributed by atoms with Crippen LogP contribution in [0.1, 0.15) is 5.56 Å². The molecule has 11 heteroatoms. The van der Waals surface area contributed by atoms with Gasteiger partial charge in [-0.25, -0.2) is 4.98 Å². The van der Waals surface area contributed by atoms with Crippen molar-refractivity contribution in [1.82, 2.24) is 4.98 Å². The minimum atomic E-state index is -4.56. The Morgan fingerprint density at radius 2 is 1.92 bits per heavy atom. The van der Waals surface area contributed by atoms with Gasteiger partial charge in [0.15, 0.2) is 0 Å². The van der Waals surface area contributed by atoms with E-state index in [1.54, 1.807) is 0 Å². The molecule has 0 saturated carbocycles. The number of rotatable bonds is 6. The fourth-order valence-electron chi connectivity index (χ4n) is 1.74. The fraction of sp³-hybridized carbons (Fsp3) is 0.200. The van der Waals surface area contributed by atoms with E-state index in [0.29, 0.717) is 11.9 Å².